The van der Waals surface area contributed by atoms with E-state index in [1.54, 1.807) is 23.0 Å². The van der Waals surface area contributed by atoms with E-state index in [0.717, 1.165) is 15.6 Å². The van der Waals surface area contributed by atoms with Crippen LogP contribution >= 0.6 is 15.9 Å². The number of carbonyl (C=O) groups excluding carboxylic acids is 2. The van der Waals surface area contributed by atoms with E-state index < -0.39 is 6.04 Å². The Morgan fingerprint density at radius 1 is 1.15 bits per heavy atom. The average molecular weight is 411 g/mol. The Kier molecular flexibility index (Phi) is 4.30. The molecule has 2 heterocycles. The van der Waals surface area contributed by atoms with E-state index in [9.17, 15) is 9.59 Å². The molecule has 0 fully saturated rings. The average Bonchev–Trinajstić information content (AvgIpc) is 3.18. The molecule has 2 aromatic carbocycles. The van der Waals surface area contributed by atoms with E-state index in [1.165, 1.54) is 0 Å². The van der Waals surface area contributed by atoms with Crippen molar-refractivity contribution in [3.05, 3.63) is 65.3 Å². The molecule has 0 saturated carbocycles. The van der Waals surface area contributed by atoms with Crippen LogP contribution in [0.3, 0.4) is 0 Å². The largest absolute Gasteiger partial charge is 0.326 e. The van der Waals surface area contributed by atoms with Crippen molar-refractivity contribution in [2.24, 2.45) is 0 Å². The molecule has 2 amide bonds. The van der Waals surface area contributed by atoms with Crippen LogP contribution in [0.15, 0.2) is 65.3 Å². The Balaban J connectivity index is 1.52. The number of aromatic nitrogens is 2. The summed E-state index contributed by atoms with van der Waals surface area (Å²) >= 11 is 3.35. The molecule has 1 aromatic heterocycles. The summed E-state index contributed by atoms with van der Waals surface area (Å²) in [4.78, 5) is 24.7. The standard InChI is InChI=1S/C19H15BrN4O2/c20-13-6-8-14(9-7-13)22-17(25)10-16-19(26)23-18-15(11-21-24(16)18)12-4-2-1-3-5-12/h1-9,11,16H,10H2,(H,22,25)(H,23,26). The first-order valence-electron chi connectivity index (χ1n) is 8.11. The van der Waals surface area contributed by atoms with Crippen molar-refractivity contribution in [1.82, 2.24) is 9.78 Å². The van der Waals surface area contributed by atoms with Gasteiger partial charge in [0.05, 0.1) is 12.6 Å². The Bertz CT molecular complexity index is 967. The normalized spacial score (nSPS) is 15.4. The first-order valence-corrected chi connectivity index (χ1v) is 8.90. The summed E-state index contributed by atoms with van der Waals surface area (Å²) in [6.07, 6.45) is 1.73. The number of hydrogen-bond donors (Lipinski definition) is 2. The number of halogens is 1. The fourth-order valence-electron chi connectivity index (χ4n) is 2.96. The number of nitrogens with zero attached hydrogens (tertiary/aromatic N) is 2. The van der Waals surface area contributed by atoms with Crippen molar-refractivity contribution in [3.8, 4) is 11.1 Å². The Morgan fingerprint density at radius 3 is 2.62 bits per heavy atom. The fraction of sp³-hybridized carbons (Fsp3) is 0.105. The van der Waals surface area contributed by atoms with Gasteiger partial charge >= 0.3 is 0 Å². The molecular weight excluding hydrogens is 396 g/mol. The Morgan fingerprint density at radius 2 is 1.88 bits per heavy atom. The van der Waals surface area contributed by atoms with Crippen LogP contribution in [0.5, 0.6) is 0 Å². The van der Waals surface area contributed by atoms with Gasteiger partial charge in [0.2, 0.25) is 5.91 Å². The Labute approximate surface area is 158 Å². The molecule has 1 aliphatic heterocycles. The lowest BCUT2D eigenvalue weighted by atomic mass is 10.1. The third-order valence-electron chi connectivity index (χ3n) is 4.23. The predicted molar refractivity (Wildman–Crippen MR) is 103 cm³/mol. The third-order valence-corrected chi connectivity index (χ3v) is 4.76. The number of benzene rings is 2. The SMILES string of the molecule is O=C(CC1C(=O)Nc2c(-c3ccccc3)cnn21)Nc1ccc(Br)cc1. The van der Waals surface area contributed by atoms with Crippen molar-refractivity contribution >= 4 is 39.2 Å². The molecule has 26 heavy (non-hydrogen) atoms. The second-order valence-corrected chi connectivity index (χ2v) is 6.90. The molecule has 1 atom stereocenters. The minimum atomic E-state index is -0.655. The predicted octanol–water partition coefficient (Wildman–Crippen LogP) is 3.83. The van der Waals surface area contributed by atoms with Crippen LogP contribution in [-0.2, 0) is 9.59 Å². The molecule has 0 bridgehead atoms. The van der Waals surface area contributed by atoms with E-state index in [2.05, 4.69) is 31.7 Å². The van der Waals surface area contributed by atoms with Gasteiger partial charge in [-0.05, 0) is 29.8 Å². The first kappa shape index (κ1) is 16.5. The van der Waals surface area contributed by atoms with E-state index in [4.69, 9.17) is 0 Å². The summed E-state index contributed by atoms with van der Waals surface area (Å²) in [5.74, 6) is 0.163. The molecule has 0 saturated heterocycles. The topological polar surface area (TPSA) is 76.0 Å². The highest BCUT2D eigenvalue weighted by molar-refractivity contribution is 9.10. The molecule has 4 rings (SSSR count). The number of anilines is 2. The van der Waals surface area contributed by atoms with Gasteiger partial charge in [0.15, 0.2) is 0 Å². The highest BCUT2D eigenvalue weighted by Crippen LogP contribution is 2.35. The number of amides is 2. The molecular formula is C19H15BrN4O2. The fourth-order valence-corrected chi connectivity index (χ4v) is 3.23. The van der Waals surface area contributed by atoms with Gasteiger partial charge in [-0.15, -0.1) is 0 Å². The summed E-state index contributed by atoms with van der Waals surface area (Å²) in [6.45, 7) is 0. The van der Waals surface area contributed by atoms with Gasteiger partial charge in [-0.2, -0.15) is 5.10 Å². The summed E-state index contributed by atoms with van der Waals surface area (Å²) < 4.78 is 2.52. The van der Waals surface area contributed by atoms with Gasteiger partial charge in [-0.25, -0.2) is 4.68 Å². The van der Waals surface area contributed by atoms with E-state index in [1.807, 2.05) is 42.5 Å². The molecule has 0 radical (unpaired) electrons. The van der Waals surface area contributed by atoms with Crippen LogP contribution in [0.1, 0.15) is 12.5 Å². The molecule has 2 N–H and O–H groups in total. The maximum Gasteiger partial charge on any atom is 0.251 e. The lowest BCUT2D eigenvalue weighted by molar-refractivity contribution is -0.123. The monoisotopic (exact) mass is 410 g/mol. The van der Waals surface area contributed by atoms with Crippen molar-refractivity contribution in [2.75, 3.05) is 10.6 Å². The minimum absolute atomic E-state index is 0.0187. The van der Waals surface area contributed by atoms with Crippen LogP contribution in [0, 0.1) is 0 Å². The zero-order valence-corrected chi connectivity index (χ0v) is 15.2. The highest BCUT2D eigenvalue weighted by Gasteiger charge is 2.35. The number of carbonyl (C=O) groups is 2. The minimum Gasteiger partial charge on any atom is -0.326 e. The quantitative estimate of drug-likeness (QED) is 0.685. The van der Waals surface area contributed by atoms with Gasteiger partial charge in [0.1, 0.15) is 11.9 Å². The summed E-state index contributed by atoms with van der Waals surface area (Å²) in [7, 11) is 0. The number of rotatable bonds is 4. The van der Waals surface area contributed by atoms with Crippen LogP contribution in [0.2, 0.25) is 0 Å². The van der Waals surface area contributed by atoms with Gasteiger partial charge in [0.25, 0.3) is 5.91 Å². The van der Waals surface area contributed by atoms with Crippen LogP contribution in [-0.4, -0.2) is 21.6 Å². The molecule has 1 unspecified atom stereocenters. The molecule has 6 nitrogen and oxygen atoms in total. The van der Waals surface area contributed by atoms with Crippen molar-refractivity contribution in [3.63, 3.8) is 0 Å². The Hall–Kier alpha value is -2.93. The van der Waals surface area contributed by atoms with E-state index in [0.29, 0.717) is 11.5 Å². The molecule has 0 spiro atoms. The van der Waals surface area contributed by atoms with Crippen LogP contribution in [0.25, 0.3) is 11.1 Å². The summed E-state index contributed by atoms with van der Waals surface area (Å²) in [6, 6.07) is 16.3. The van der Waals surface area contributed by atoms with Gasteiger partial charge in [-0.1, -0.05) is 46.3 Å². The third kappa shape index (κ3) is 3.13. The maximum atomic E-state index is 12.4. The van der Waals surface area contributed by atoms with Gasteiger partial charge in [0, 0.05) is 15.7 Å². The van der Waals surface area contributed by atoms with E-state index >= 15 is 0 Å². The zero-order valence-electron chi connectivity index (χ0n) is 13.6. The number of nitrogens with one attached hydrogen (secondary N) is 2. The molecule has 7 heteroatoms. The maximum absolute atomic E-state index is 12.4. The van der Waals surface area contributed by atoms with Gasteiger partial charge in [-0.3, -0.25) is 9.59 Å². The van der Waals surface area contributed by atoms with Gasteiger partial charge < -0.3 is 10.6 Å². The second kappa shape index (κ2) is 6.76. The molecule has 3 aromatic rings. The van der Waals surface area contributed by atoms with Crippen molar-refractivity contribution in [1.29, 1.82) is 0 Å². The van der Waals surface area contributed by atoms with E-state index in [-0.39, 0.29) is 18.2 Å². The smallest absolute Gasteiger partial charge is 0.251 e. The highest BCUT2D eigenvalue weighted by atomic mass is 79.9. The van der Waals surface area contributed by atoms with Crippen molar-refractivity contribution < 1.29 is 9.59 Å². The molecule has 1 aliphatic rings. The summed E-state index contributed by atoms with van der Waals surface area (Å²) in [5.41, 5.74) is 2.49. The number of hydrogen-bond acceptors (Lipinski definition) is 3. The first-order chi connectivity index (χ1) is 12.6. The van der Waals surface area contributed by atoms with Crippen LogP contribution in [0.4, 0.5) is 11.5 Å². The second-order valence-electron chi connectivity index (χ2n) is 5.98. The molecule has 130 valence electrons. The van der Waals surface area contributed by atoms with Crippen LogP contribution < -0.4 is 10.6 Å². The molecule has 0 aliphatic carbocycles. The lowest BCUT2D eigenvalue weighted by Crippen LogP contribution is -2.23. The number of fused-ring (bicyclic) bond motifs is 1. The van der Waals surface area contributed by atoms with Crippen molar-refractivity contribution in [2.45, 2.75) is 12.5 Å². The summed E-state index contributed by atoms with van der Waals surface area (Å²) in [5, 5.41) is 9.98. The lowest BCUT2D eigenvalue weighted by Gasteiger charge is -2.10. The zero-order chi connectivity index (χ0) is 18.1.